The first-order valence-corrected chi connectivity index (χ1v) is 11.2. The fourth-order valence-corrected chi connectivity index (χ4v) is 3.74. The van der Waals surface area contributed by atoms with Gasteiger partial charge in [0, 0.05) is 37.4 Å². The molecule has 0 bridgehead atoms. The number of hydrogen-bond acceptors (Lipinski definition) is 4. The molecule has 0 radical (unpaired) electrons. The summed E-state index contributed by atoms with van der Waals surface area (Å²) in [6, 6.07) is 17.5. The summed E-state index contributed by atoms with van der Waals surface area (Å²) in [5, 5.41) is 16.2. The molecule has 0 amide bonds. The lowest BCUT2D eigenvalue weighted by molar-refractivity contribution is 0.474. The molecule has 5 nitrogen and oxygen atoms in total. The summed E-state index contributed by atoms with van der Waals surface area (Å²) < 4.78 is 2.35. The number of aromatic nitrogens is 2. The van der Waals surface area contributed by atoms with Gasteiger partial charge in [-0.05, 0) is 42.5 Å². The average molecular weight is 549 g/mol. The minimum absolute atomic E-state index is 0.101. The second kappa shape index (κ2) is 9.88. The third kappa shape index (κ3) is 5.40. The molecule has 9 heteroatoms. The summed E-state index contributed by atoms with van der Waals surface area (Å²) in [6.07, 6.45) is 4.87. The predicted octanol–water partition coefficient (Wildman–Crippen LogP) is 7.61. The quantitative estimate of drug-likeness (QED) is 0.261. The maximum atomic E-state index is 10.1. The van der Waals surface area contributed by atoms with Crippen molar-refractivity contribution in [2.75, 3.05) is 0 Å². The molecule has 0 saturated carbocycles. The molecule has 32 heavy (non-hydrogen) atoms. The van der Waals surface area contributed by atoms with Crippen LogP contribution in [0.25, 0.3) is 11.3 Å². The maximum Gasteiger partial charge on any atom is 0.251 e. The van der Waals surface area contributed by atoms with Crippen LogP contribution in [0.5, 0.6) is 5.75 Å². The summed E-state index contributed by atoms with van der Waals surface area (Å²) in [7, 11) is 0. The van der Waals surface area contributed by atoms with Crippen molar-refractivity contribution in [2.45, 2.75) is 0 Å². The van der Waals surface area contributed by atoms with E-state index in [9.17, 15) is 5.11 Å². The molecule has 4 aromatic rings. The Balaban J connectivity index is 1.74. The van der Waals surface area contributed by atoms with Gasteiger partial charge in [-0.2, -0.15) is 5.10 Å². The predicted molar refractivity (Wildman–Crippen MR) is 135 cm³/mol. The number of phenolic OH excluding ortho intramolecular Hbond substituents is 1. The Hall–Kier alpha value is -2.64. The van der Waals surface area contributed by atoms with Crippen molar-refractivity contribution in [2.24, 2.45) is 10.1 Å². The molecule has 0 unspecified atom stereocenters. The standard InChI is InChI=1S/C23H14BrCl3N4O/c24-17-4-8-22(32)16(9-17)11-28-23-30-21(14-1-5-18(25)6-2-14)13-31(23)29-12-15-3-7-19(26)10-20(15)27/h1-13,32H/b28-11?,29-12+. The van der Waals surface area contributed by atoms with Crippen LogP contribution in [0.3, 0.4) is 0 Å². The molecule has 0 aliphatic carbocycles. The Bertz CT molecular complexity index is 1330. The highest BCUT2D eigenvalue weighted by atomic mass is 79.9. The van der Waals surface area contributed by atoms with E-state index in [1.807, 2.05) is 12.1 Å². The molecule has 1 aromatic heterocycles. The molecule has 1 heterocycles. The second-order valence-electron chi connectivity index (χ2n) is 6.65. The molecule has 0 spiro atoms. The normalized spacial score (nSPS) is 11.6. The van der Waals surface area contributed by atoms with Crippen molar-refractivity contribution in [1.82, 2.24) is 9.66 Å². The van der Waals surface area contributed by atoms with Gasteiger partial charge in [-0.15, -0.1) is 0 Å². The second-order valence-corrected chi connectivity index (χ2v) is 8.85. The molecular weight excluding hydrogens is 535 g/mol. The van der Waals surface area contributed by atoms with E-state index in [-0.39, 0.29) is 5.75 Å². The first kappa shape index (κ1) is 22.6. The monoisotopic (exact) mass is 546 g/mol. The van der Waals surface area contributed by atoms with Crippen LogP contribution in [0.1, 0.15) is 11.1 Å². The highest BCUT2D eigenvalue weighted by molar-refractivity contribution is 9.10. The number of phenols is 1. The zero-order chi connectivity index (χ0) is 22.7. The van der Waals surface area contributed by atoms with E-state index in [0.29, 0.717) is 37.8 Å². The first-order valence-electron chi connectivity index (χ1n) is 9.26. The van der Waals surface area contributed by atoms with Crippen molar-refractivity contribution < 1.29 is 5.11 Å². The van der Waals surface area contributed by atoms with Crippen molar-refractivity contribution >= 4 is 69.1 Å². The number of nitrogens with zero attached hydrogens (tertiary/aromatic N) is 4. The van der Waals surface area contributed by atoms with E-state index in [4.69, 9.17) is 34.8 Å². The molecule has 4 rings (SSSR count). The van der Waals surface area contributed by atoms with E-state index >= 15 is 0 Å². The van der Waals surface area contributed by atoms with Crippen LogP contribution in [0.2, 0.25) is 15.1 Å². The summed E-state index contributed by atoms with van der Waals surface area (Å²) in [6.45, 7) is 0. The van der Waals surface area contributed by atoms with E-state index in [0.717, 1.165) is 10.0 Å². The molecule has 0 saturated heterocycles. The van der Waals surface area contributed by atoms with Crippen molar-refractivity contribution in [3.63, 3.8) is 0 Å². The summed E-state index contributed by atoms with van der Waals surface area (Å²) >= 11 is 21.6. The lowest BCUT2D eigenvalue weighted by atomic mass is 10.2. The van der Waals surface area contributed by atoms with E-state index in [1.54, 1.807) is 60.9 Å². The fraction of sp³-hybridized carbons (Fsp3) is 0. The topological polar surface area (TPSA) is 62.8 Å². The Kier molecular flexibility index (Phi) is 6.96. The van der Waals surface area contributed by atoms with Gasteiger partial charge in [0.05, 0.1) is 23.1 Å². The Morgan fingerprint density at radius 3 is 2.38 bits per heavy atom. The lowest BCUT2D eigenvalue weighted by Gasteiger charge is -2.00. The molecule has 160 valence electrons. The molecule has 1 N–H and O–H groups in total. The van der Waals surface area contributed by atoms with E-state index in [1.165, 1.54) is 10.9 Å². The number of rotatable bonds is 5. The Morgan fingerprint density at radius 1 is 0.875 bits per heavy atom. The van der Waals surface area contributed by atoms with Crippen molar-refractivity contribution in [3.8, 4) is 17.0 Å². The highest BCUT2D eigenvalue weighted by Crippen LogP contribution is 2.26. The average Bonchev–Trinajstić information content (AvgIpc) is 3.17. The highest BCUT2D eigenvalue weighted by Gasteiger charge is 2.09. The van der Waals surface area contributed by atoms with Crippen molar-refractivity contribution in [1.29, 1.82) is 0 Å². The van der Waals surface area contributed by atoms with Crippen LogP contribution in [-0.4, -0.2) is 27.2 Å². The van der Waals surface area contributed by atoms with Gasteiger partial charge in [0.15, 0.2) is 0 Å². The van der Waals surface area contributed by atoms with Gasteiger partial charge in [-0.3, -0.25) is 0 Å². The number of benzene rings is 3. The largest absolute Gasteiger partial charge is 0.507 e. The number of halogens is 4. The molecular formula is C23H14BrCl3N4O. The van der Waals surface area contributed by atoms with E-state index in [2.05, 4.69) is 31.0 Å². The SMILES string of the molecule is Oc1ccc(Br)cc1C=Nc1nc(-c2ccc(Cl)cc2)cn1/N=C/c1ccc(Cl)cc1Cl. The van der Waals surface area contributed by atoms with Crippen LogP contribution in [-0.2, 0) is 0 Å². The summed E-state index contributed by atoms with van der Waals surface area (Å²) in [5.41, 5.74) is 2.74. The van der Waals surface area contributed by atoms with Crippen molar-refractivity contribution in [3.05, 3.63) is 97.5 Å². The number of imidazole rings is 1. The Labute approximate surface area is 207 Å². The lowest BCUT2D eigenvalue weighted by Crippen LogP contribution is -1.91. The van der Waals surface area contributed by atoms with Gasteiger partial charge in [0.1, 0.15) is 5.75 Å². The van der Waals surface area contributed by atoms with Gasteiger partial charge in [0.25, 0.3) is 5.95 Å². The molecule has 0 aliphatic rings. The third-order valence-electron chi connectivity index (χ3n) is 4.40. The van der Waals surface area contributed by atoms with Gasteiger partial charge in [-0.1, -0.05) is 68.9 Å². The third-order valence-corrected chi connectivity index (χ3v) is 5.71. The zero-order valence-corrected chi connectivity index (χ0v) is 20.1. The minimum atomic E-state index is 0.101. The summed E-state index contributed by atoms with van der Waals surface area (Å²) in [5.74, 6) is 0.417. The Morgan fingerprint density at radius 2 is 1.62 bits per heavy atom. The van der Waals surface area contributed by atoms with Crippen LogP contribution >= 0.6 is 50.7 Å². The number of aliphatic imine (C=N–C) groups is 1. The summed E-state index contributed by atoms with van der Waals surface area (Å²) in [4.78, 5) is 9.03. The molecule has 0 aliphatic heterocycles. The molecule has 3 aromatic carbocycles. The smallest absolute Gasteiger partial charge is 0.251 e. The molecule has 0 fully saturated rings. The number of aromatic hydroxyl groups is 1. The first-order chi connectivity index (χ1) is 15.4. The van der Waals surface area contributed by atoms with Crippen LogP contribution in [0.15, 0.2) is 81.4 Å². The maximum absolute atomic E-state index is 10.1. The van der Waals surface area contributed by atoms with Gasteiger partial charge >= 0.3 is 0 Å². The van der Waals surface area contributed by atoms with Gasteiger partial charge in [-0.25, -0.2) is 14.7 Å². The minimum Gasteiger partial charge on any atom is -0.507 e. The van der Waals surface area contributed by atoms with Gasteiger partial charge in [0.2, 0.25) is 0 Å². The van der Waals surface area contributed by atoms with Crippen LogP contribution in [0, 0.1) is 0 Å². The molecule has 0 atom stereocenters. The zero-order valence-electron chi connectivity index (χ0n) is 16.3. The van der Waals surface area contributed by atoms with Crippen LogP contribution < -0.4 is 0 Å². The fourth-order valence-electron chi connectivity index (χ4n) is 2.78. The van der Waals surface area contributed by atoms with Crippen LogP contribution in [0.4, 0.5) is 5.95 Å². The number of hydrogen-bond donors (Lipinski definition) is 1. The van der Waals surface area contributed by atoms with E-state index < -0.39 is 0 Å². The van der Waals surface area contributed by atoms with Gasteiger partial charge < -0.3 is 5.11 Å².